The Labute approximate surface area is 285 Å². The third kappa shape index (κ3) is 8.58. The van der Waals surface area contributed by atoms with Crippen LogP contribution in [-0.4, -0.2) is 50.2 Å². The number of nitrogens with zero attached hydrogens (tertiary/aromatic N) is 4. The van der Waals surface area contributed by atoms with Crippen molar-refractivity contribution in [1.82, 2.24) is 19.4 Å². The molecule has 1 fully saturated rings. The molecule has 7 nitrogen and oxygen atoms in total. The fourth-order valence-electron chi connectivity index (χ4n) is 6.87. The SMILES string of the molecule is C.Cn1c(CCc2ccc(C(=N)N)cc2)nc2cc(C(=O)N(CCN(Cc3ccccc3)Cc3ccccc3)C3CCCCC3)ccc21. The van der Waals surface area contributed by atoms with Crippen molar-refractivity contribution in [3.05, 3.63) is 137 Å². The molecule has 0 unspecified atom stereocenters. The van der Waals surface area contributed by atoms with E-state index in [9.17, 15) is 4.79 Å². The first-order valence-electron chi connectivity index (χ1n) is 16.9. The topological polar surface area (TPSA) is 91.2 Å². The van der Waals surface area contributed by atoms with Crippen LogP contribution in [0.1, 0.15) is 78.0 Å². The van der Waals surface area contributed by atoms with Crippen LogP contribution in [0.25, 0.3) is 11.0 Å². The lowest BCUT2D eigenvalue weighted by Gasteiger charge is -2.36. The monoisotopic (exact) mass is 642 g/mol. The Morgan fingerprint density at radius 2 is 1.40 bits per heavy atom. The second-order valence-corrected chi connectivity index (χ2v) is 12.9. The number of nitrogen functional groups attached to an aromatic ring is 1. The van der Waals surface area contributed by atoms with Crippen LogP contribution in [0, 0.1) is 5.41 Å². The number of nitrogens with two attached hydrogens (primary N) is 1. The summed E-state index contributed by atoms with van der Waals surface area (Å²) >= 11 is 0. The number of hydrogen-bond donors (Lipinski definition) is 2. The molecule has 0 spiro atoms. The van der Waals surface area contributed by atoms with Gasteiger partial charge in [-0.15, -0.1) is 0 Å². The maximum Gasteiger partial charge on any atom is 0.254 e. The molecule has 1 amide bonds. The van der Waals surface area contributed by atoms with Gasteiger partial charge in [0.15, 0.2) is 0 Å². The molecule has 1 aromatic heterocycles. The molecule has 1 saturated carbocycles. The molecular weight excluding hydrogens is 592 g/mol. The van der Waals surface area contributed by atoms with Crippen LogP contribution in [0.4, 0.5) is 0 Å². The van der Waals surface area contributed by atoms with E-state index in [1.165, 1.54) is 36.0 Å². The first-order valence-corrected chi connectivity index (χ1v) is 16.9. The van der Waals surface area contributed by atoms with E-state index in [1.807, 2.05) is 43.4 Å². The summed E-state index contributed by atoms with van der Waals surface area (Å²) in [5.41, 5.74) is 12.7. The predicted octanol–water partition coefficient (Wildman–Crippen LogP) is 7.76. The van der Waals surface area contributed by atoms with Gasteiger partial charge in [0.2, 0.25) is 0 Å². The largest absolute Gasteiger partial charge is 0.384 e. The van der Waals surface area contributed by atoms with Gasteiger partial charge in [-0.1, -0.05) is 112 Å². The highest BCUT2D eigenvalue weighted by molar-refractivity contribution is 5.97. The fraction of sp³-hybridized carbons (Fsp3) is 0.341. The number of aryl methyl sites for hydroxylation is 3. The zero-order valence-corrected chi connectivity index (χ0v) is 27.4. The van der Waals surface area contributed by atoms with Gasteiger partial charge in [0.1, 0.15) is 11.7 Å². The van der Waals surface area contributed by atoms with Crippen LogP contribution in [-0.2, 0) is 33.0 Å². The average Bonchev–Trinajstić information content (AvgIpc) is 3.43. The first kappa shape index (κ1) is 34.6. The van der Waals surface area contributed by atoms with Gasteiger partial charge in [-0.25, -0.2) is 4.98 Å². The van der Waals surface area contributed by atoms with E-state index in [4.69, 9.17) is 16.1 Å². The average molecular weight is 643 g/mol. The molecule has 7 heteroatoms. The molecule has 4 aromatic carbocycles. The van der Waals surface area contributed by atoms with Crippen molar-refractivity contribution in [2.24, 2.45) is 12.8 Å². The van der Waals surface area contributed by atoms with Crippen molar-refractivity contribution in [2.75, 3.05) is 13.1 Å². The third-order valence-electron chi connectivity index (χ3n) is 9.55. The highest BCUT2D eigenvalue weighted by Crippen LogP contribution is 2.26. The molecule has 1 aliphatic carbocycles. The Morgan fingerprint density at radius 1 is 0.792 bits per heavy atom. The van der Waals surface area contributed by atoms with Gasteiger partial charge in [0, 0.05) is 56.8 Å². The van der Waals surface area contributed by atoms with Crippen LogP contribution in [0.3, 0.4) is 0 Å². The van der Waals surface area contributed by atoms with Crippen LogP contribution in [0.5, 0.6) is 0 Å². The fourth-order valence-corrected chi connectivity index (χ4v) is 6.87. The maximum atomic E-state index is 14.3. The zero-order valence-electron chi connectivity index (χ0n) is 27.4. The first-order chi connectivity index (χ1) is 22.9. The molecular formula is C41H50N6O. The van der Waals surface area contributed by atoms with Crippen LogP contribution < -0.4 is 5.73 Å². The van der Waals surface area contributed by atoms with Crippen molar-refractivity contribution in [3.63, 3.8) is 0 Å². The highest BCUT2D eigenvalue weighted by atomic mass is 16.2. The minimum absolute atomic E-state index is 0. The summed E-state index contributed by atoms with van der Waals surface area (Å²) in [6, 6.07) is 35.4. The second-order valence-electron chi connectivity index (χ2n) is 12.9. The van der Waals surface area contributed by atoms with Gasteiger partial charge >= 0.3 is 0 Å². The van der Waals surface area contributed by atoms with E-state index in [0.717, 1.165) is 67.7 Å². The van der Waals surface area contributed by atoms with E-state index in [-0.39, 0.29) is 25.2 Å². The zero-order chi connectivity index (χ0) is 32.6. The van der Waals surface area contributed by atoms with Crippen molar-refractivity contribution in [1.29, 1.82) is 5.41 Å². The molecule has 0 aliphatic heterocycles. The number of aromatic nitrogens is 2. The number of carbonyl (C=O) groups excluding carboxylic acids is 1. The predicted molar refractivity (Wildman–Crippen MR) is 197 cm³/mol. The lowest BCUT2D eigenvalue weighted by atomic mass is 9.93. The number of imidazole rings is 1. The highest BCUT2D eigenvalue weighted by Gasteiger charge is 2.27. The molecule has 48 heavy (non-hydrogen) atoms. The Bertz CT molecular complexity index is 1730. The minimum atomic E-state index is 0. The van der Waals surface area contributed by atoms with Gasteiger partial charge in [-0.3, -0.25) is 15.1 Å². The van der Waals surface area contributed by atoms with Gasteiger partial charge in [0.25, 0.3) is 5.91 Å². The van der Waals surface area contributed by atoms with E-state index in [1.54, 1.807) is 0 Å². The number of rotatable bonds is 13. The Balaban J connectivity index is 0.00000451. The number of fused-ring (bicyclic) bond motifs is 1. The van der Waals surface area contributed by atoms with Crippen LogP contribution in [0.15, 0.2) is 103 Å². The smallest absolute Gasteiger partial charge is 0.254 e. The lowest BCUT2D eigenvalue weighted by Crippen LogP contribution is -2.45. The Morgan fingerprint density at radius 3 is 2.00 bits per heavy atom. The molecule has 0 saturated heterocycles. The molecule has 0 bridgehead atoms. The lowest BCUT2D eigenvalue weighted by molar-refractivity contribution is 0.0598. The second kappa shape index (κ2) is 16.4. The van der Waals surface area contributed by atoms with Gasteiger partial charge in [0.05, 0.1) is 11.0 Å². The quantitative estimate of drug-likeness (QED) is 0.101. The summed E-state index contributed by atoms with van der Waals surface area (Å²) in [5, 5.41) is 7.62. The van der Waals surface area contributed by atoms with Crippen molar-refractivity contribution in [3.8, 4) is 0 Å². The molecule has 5 aromatic rings. The molecule has 1 heterocycles. The molecule has 3 N–H and O–H groups in total. The number of nitrogens with one attached hydrogen (secondary N) is 1. The van der Waals surface area contributed by atoms with Crippen molar-refractivity contribution < 1.29 is 4.79 Å². The van der Waals surface area contributed by atoms with E-state index in [2.05, 4.69) is 81.1 Å². The van der Waals surface area contributed by atoms with Crippen LogP contribution >= 0.6 is 0 Å². The van der Waals surface area contributed by atoms with E-state index < -0.39 is 0 Å². The van der Waals surface area contributed by atoms with Crippen molar-refractivity contribution in [2.45, 2.75) is 71.5 Å². The van der Waals surface area contributed by atoms with Crippen molar-refractivity contribution >= 4 is 22.8 Å². The number of amides is 1. The summed E-state index contributed by atoms with van der Waals surface area (Å²) in [5.74, 6) is 1.17. The number of carbonyl (C=O) groups is 1. The number of hydrogen-bond acceptors (Lipinski definition) is 4. The summed E-state index contributed by atoms with van der Waals surface area (Å²) in [6.45, 7) is 3.17. The standard InChI is InChI=1S/C40H46N6O.CH4/c1-44-37-23-22-34(27-36(37)43-38(44)24-19-30-17-20-33(21-18-30)39(41)42)40(47)46(35-15-9-4-10-16-35)26-25-45(28-31-11-5-2-6-12-31)29-32-13-7-3-8-14-32;/h2-3,5-8,11-14,17-18,20-23,27,35H,4,9-10,15-16,19,24-26,28-29H2,1H3,(H3,41,42);1H4. The molecule has 0 radical (unpaired) electrons. The summed E-state index contributed by atoms with van der Waals surface area (Å²) in [6.07, 6.45) is 7.33. The normalized spacial score (nSPS) is 13.4. The maximum absolute atomic E-state index is 14.3. The molecule has 6 rings (SSSR count). The Hall–Kier alpha value is -4.75. The van der Waals surface area contributed by atoms with E-state index >= 15 is 0 Å². The van der Waals surface area contributed by atoms with Gasteiger partial charge in [-0.05, 0) is 54.2 Å². The molecule has 250 valence electrons. The molecule has 0 atom stereocenters. The van der Waals surface area contributed by atoms with Crippen LogP contribution in [0.2, 0.25) is 0 Å². The summed E-state index contributed by atoms with van der Waals surface area (Å²) in [4.78, 5) is 24.0. The third-order valence-corrected chi connectivity index (χ3v) is 9.55. The van der Waals surface area contributed by atoms with E-state index in [0.29, 0.717) is 12.1 Å². The summed E-state index contributed by atoms with van der Waals surface area (Å²) in [7, 11) is 2.05. The Kier molecular flexibility index (Phi) is 11.8. The number of amidine groups is 1. The minimum Gasteiger partial charge on any atom is -0.384 e. The summed E-state index contributed by atoms with van der Waals surface area (Å²) < 4.78 is 2.14. The van der Waals surface area contributed by atoms with Gasteiger partial charge < -0.3 is 15.2 Å². The van der Waals surface area contributed by atoms with Gasteiger partial charge in [-0.2, -0.15) is 0 Å². The molecule has 1 aliphatic rings. The number of benzene rings is 4.